The normalized spacial score (nSPS) is 17.1. The van der Waals surface area contributed by atoms with E-state index in [0.717, 1.165) is 11.1 Å². The van der Waals surface area contributed by atoms with Gasteiger partial charge in [-0.3, -0.25) is 4.79 Å². The number of carbonyl (C=O) groups excluding carboxylic acids is 1. The van der Waals surface area contributed by atoms with E-state index >= 15 is 0 Å². The maximum atomic E-state index is 13.9. The third-order valence-corrected chi connectivity index (χ3v) is 3.27. The number of ether oxygens (including phenoxy) is 1. The standard InChI is InChI=1S/C14H17FO2/c1-9-7-10(2)13(12(15)8-9)14(16)11-3-5-17-6-4-11/h7-8,11H,3-6H2,1-2H3. The topological polar surface area (TPSA) is 26.3 Å². The molecule has 2 nitrogen and oxygen atoms in total. The number of aryl methyl sites for hydroxylation is 2. The van der Waals surface area contributed by atoms with E-state index in [-0.39, 0.29) is 23.1 Å². The van der Waals surface area contributed by atoms with Crippen molar-refractivity contribution in [1.82, 2.24) is 0 Å². The van der Waals surface area contributed by atoms with Crippen molar-refractivity contribution in [3.8, 4) is 0 Å². The molecule has 0 saturated carbocycles. The lowest BCUT2D eigenvalue weighted by Gasteiger charge is -2.21. The molecule has 0 aromatic heterocycles. The van der Waals surface area contributed by atoms with Crippen LogP contribution >= 0.6 is 0 Å². The summed E-state index contributed by atoms with van der Waals surface area (Å²) in [4.78, 5) is 12.3. The second kappa shape index (κ2) is 4.96. The molecule has 0 radical (unpaired) electrons. The van der Waals surface area contributed by atoms with E-state index in [1.54, 1.807) is 6.92 Å². The van der Waals surface area contributed by atoms with Crippen molar-refractivity contribution in [2.24, 2.45) is 5.92 Å². The van der Waals surface area contributed by atoms with Crippen LogP contribution < -0.4 is 0 Å². The summed E-state index contributed by atoms with van der Waals surface area (Å²) in [5.74, 6) is -0.540. The van der Waals surface area contributed by atoms with E-state index in [9.17, 15) is 9.18 Å². The summed E-state index contributed by atoms with van der Waals surface area (Å²) in [5, 5.41) is 0. The summed E-state index contributed by atoms with van der Waals surface area (Å²) in [6.07, 6.45) is 1.40. The number of Topliss-reactive ketones (excluding diaryl/α,β-unsaturated/α-hetero) is 1. The molecule has 0 spiro atoms. The van der Waals surface area contributed by atoms with Gasteiger partial charge in [0.2, 0.25) is 0 Å². The predicted octanol–water partition coefficient (Wildman–Crippen LogP) is 3.05. The van der Waals surface area contributed by atoms with Gasteiger partial charge in [-0.2, -0.15) is 0 Å². The zero-order chi connectivity index (χ0) is 12.4. The molecule has 92 valence electrons. The van der Waals surface area contributed by atoms with Crippen molar-refractivity contribution in [1.29, 1.82) is 0 Å². The van der Waals surface area contributed by atoms with Crippen molar-refractivity contribution in [3.63, 3.8) is 0 Å². The monoisotopic (exact) mass is 236 g/mol. The highest BCUT2D eigenvalue weighted by Gasteiger charge is 2.26. The summed E-state index contributed by atoms with van der Waals surface area (Å²) >= 11 is 0. The van der Waals surface area contributed by atoms with Gasteiger partial charge in [0.25, 0.3) is 0 Å². The first-order valence-corrected chi connectivity index (χ1v) is 5.98. The van der Waals surface area contributed by atoms with Gasteiger partial charge in [0.15, 0.2) is 5.78 Å². The molecule has 0 bridgehead atoms. The molecule has 1 aromatic carbocycles. The van der Waals surface area contributed by atoms with Crippen LogP contribution in [0.4, 0.5) is 4.39 Å². The quantitative estimate of drug-likeness (QED) is 0.738. The SMILES string of the molecule is Cc1cc(C)c(C(=O)C2CCOCC2)c(F)c1. The lowest BCUT2D eigenvalue weighted by atomic mass is 9.88. The summed E-state index contributed by atoms with van der Waals surface area (Å²) in [7, 11) is 0. The molecule has 1 aliphatic heterocycles. The average molecular weight is 236 g/mol. The zero-order valence-corrected chi connectivity index (χ0v) is 10.3. The Labute approximate surface area is 101 Å². The average Bonchev–Trinajstić information content (AvgIpc) is 2.28. The van der Waals surface area contributed by atoms with Gasteiger partial charge in [-0.15, -0.1) is 0 Å². The van der Waals surface area contributed by atoms with Gasteiger partial charge >= 0.3 is 0 Å². The summed E-state index contributed by atoms with van der Waals surface area (Å²) in [6.45, 7) is 4.83. The highest BCUT2D eigenvalue weighted by molar-refractivity contribution is 5.99. The number of rotatable bonds is 2. The summed E-state index contributed by atoms with van der Waals surface area (Å²) < 4.78 is 19.1. The molecule has 0 amide bonds. The lowest BCUT2D eigenvalue weighted by molar-refractivity contribution is 0.0542. The van der Waals surface area contributed by atoms with E-state index in [1.165, 1.54) is 6.07 Å². The van der Waals surface area contributed by atoms with E-state index in [2.05, 4.69) is 0 Å². The van der Waals surface area contributed by atoms with Gasteiger partial charge in [0, 0.05) is 19.1 Å². The van der Waals surface area contributed by atoms with Crippen LogP contribution in [0, 0.1) is 25.6 Å². The molecule has 1 saturated heterocycles. The molecule has 1 fully saturated rings. The van der Waals surface area contributed by atoms with Crippen LogP contribution in [0.1, 0.15) is 34.3 Å². The summed E-state index contributed by atoms with van der Waals surface area (Å²) in [6, 6.07) is 3.29. The molecule has 0 unspecified atom stereocenters. The molecule has 0 N–H and O–H groups in total. The highest BCUT2D eigenvalue weighted by Crippen LogP contribution is 2.24. The maximum Gasteiger partial charge on any atom is 0.169 e. The van der Waals surface area contributed by atoms with Gasteiger partial charge in [-0.05, 0) is 43.9 Å². The van der Waals surface area contributed by atoms with Crippen molar-refractivity contribution < 1.29 is 13.9 Å². The van der Waals surface area contributed by atoms with E-state index in [4.69, 9.17) is 4.74 Å². The molecular formula is C14H17FO2. The predicted molar refractivity (Wildman–Crippen MR) is 63.7 cm³/mol. The van der Waals surface area contributed by atoms with E-state index < -0.39 is 0 Å². The van der Waals surface area contributed by atoms with Crippen molar-refractivity contribution in [2.45, 2.75) is 26.7 Å². The largest absolute Gasteiger partial charge is 0.381 e. The van der Waals surface area contributed by atoms with E-state index in [1.807, 2.05) is 13.0 Å². The number of halogens is 1. The third-order valence-electron chi connectivity index (χ3n) is 3.27. The molecule has 0 aliphatic carbocycles. The van der Waals surface area contributed by atoms with E-state index in [0.29, 0.717) is 26.1 Å². The number of hydrogen-bond donors (Lipinski definition) is 0. The van der Waals surface area contributed by atoms with Crippen LogP contribution in [0.2, 0.25) is 0 Å². The molecule has 17 heavy (non-hydrogen) atoms. The fourth-order valence-electron chi connectivity index (χ4n) is 2.39. The van der Waals surface area contributed by atoms with Crippen LogP contribution in [0.3, 0.4) is 0 Å². The smallest absolute Gasteiger partial charge is 0.169 e. The Kier molecular flexibility index (Phi) is 3.57. The van der Waals surface area contributed by atoms with Gasteiger partial charge in [-0.1, -0.05) is 6.07 Å². The summed E-state index contributed by atoms with van der Waals surface area (Å²) in [5.41, 5.74) is 1.85. The number of hydrogen-bond acceptors (Lipinski definition) is 2. The number of benzene rings is 1. The van der Waals surface area contributed by atoms with Gasteiger partial charge in [0.1, 0.15) is 5.82 Å². The first-order chi connectivity index (χ1) is 8.09. The molecule has 1 aromatic rings. The Morgan fingerprint density at radius 3 is 2.53 bits per heavy atom. The molecule has 3 heteroatoms. The molecule has 1 aliphatic rings. The van der Waals surface area contributed by atoms with Crippen LogP contribution in [-0.4, -0.2) is 19.0 Å². The Morgan fingerprint density at radius 2 is 1.94 bits per heavy atom. The maximum absolute atomic E-state index is 13.9. The van der Waals surface area contributed by atoms with Crippen LogP contribution in [0.25, 0.3) is 0 Å². The number of carbonyl (C=O) groups is 1. The molecule has 0 atom stereocenters. The molecular weight excluding hydrogens is 219 g/mol. The highest BCUT2D eigenvalue weighted by atomic mass is 19.1. The third kappa shape index (κ3) is 2.55. The van der Waals surface area contributed by atoms with Crippen molar-refractivity contribution in [3.05, 3.63) is 34.6 Å². The lowest BCUT2D eigenvalue weighted by Crippen LogP contribution is -2.25. The van der Waals surface area contributed by atoms with Gasteiger partial charge < -0.3 is 4.74 Å². The Bertz CT molecular complexity index is 411. The Balaban J connectivity index is 2.30. The second-order valence-electron chi connectivity index (χ2n) is 4.69. The molecule has 2 rings (SSSR count). The van der Waals surface area contributed by atoms with Crippen molar-refractivity contribution in [2.75, 3.05) is 13.2 Å². The minimum Gasteiger partial charge on any atom is -0.381 e. The van der Waals surface area contributed by atoms with Gasteiger partial charge in [-0.25, -0.2) is 4.39 Å². The van der Waals surface area contributed by atoms with Crippen molar-refractivity contribution >= 4 is 5.78 Å². The fraction of sp³-hybridized carbons (Fsp3) is 0.500. The van der Waals surface area contributed by atoms with Gasteiger partial charge in [0.05, 0.1) is 5.56 Å². The van der Waals surface area contributed by atoms with Crippen LogP contribution in [0.5, 0.6) is 0 Å². The second-order valence-corrected chi connectivity index (χ2v) is 4.69. The first-order valence-electron chi connectivity index (χ1n) is 5.98. The number of ketones is 1. The Hall–Kier alpha value is -1.22. The van der Waals surface area contributed by atoms with Crippen LogP contribution in [-0.2, 0) is 4.74 Å². The minimum absolute atomic E-state index is 0.0664. The van der Waals surface area contributed by atoms with Crippen LogP contribution in [0.15, 0.2) is 12.1 Å². The fourth-order valence-corrected chi connectivity index (χ4v) is 2.39. The first kappa shape index (κ1) is 12.2. The zero-order valence-electron chi connectivity index (χ0n) is 10.3. The molecule has 1 heterocycles. The Morgan fingerprint density at radius 1 is 1.29 bits per heavy atom. The minimum atomic E-state index is -0.390.